The van der Waals surface area contributed by atoms with E-state index in [9.17, 15) is 24.3 Å². The summed E-state index contributed by atoms with van der Waals surface area (Å²) in [5.74, 6) is -1.02. The lowest BCUT2D eigenvalue weighted by Crippen LogP contribution is -2.63. The molecule has 8 atom stereocenters. The molecule has 0 bridgehead atoms. The zero-order chi connectivity index (χ0) is 27.2. The fraction of sp³-hybridized carbons (Fsp3) is 0.724. The Balaban J connectivity index is 1.67. The average Bonchev–Trinajstić information content (AvgIpc) is 3.13. The Morgan fingerprint density at radius 1 is 1.19 bits per heavy atom. The Bertz CT molecular complexity index is 1030. The quantitative estimate of drug-likeness (QED) is 0.497. The molecule has 0 aromatic heterocycles. The summed E-state index contributed by atoms with van der Waals surface area (Å²) >= 11 is 0. The Kier molecular flexibility index (Phi) is 7.45. The van der Waals surface area contributed by atoms with Crippen LogP contribution in [0.2, 0.25) is 0 Å². The van der Waals surface area contributed by atoms with Gasteiger partial charge < -0.3 is 19.3 Å². The number of esters is 1. The summed E-state index contributed by atoms with van der Waals surface area (Å²) in [4.78, 5) is 50.2. The fourth-order valence-electron chi connectivity index (χ4n) is 7.78. The lowest BCUT2D eigenvalue weighted by Gasteiger charge is -2.59. The molecule has 4 rings (SSSR count). The predicted octanol–water partition coefficient (Wildman–Crippen LogP) is 4.34. The summed E-state index contributed by atoms with van der Waals surface area (Å²) in [6, 6.07) is 0. The number of carbonyl (C=O) groups excluding carboxylic acids is 4. The highest BCUT2D eigenvalue weighted by Gasteiger charge is 2.70. The van der Waals surface area contributed by atoms with Crippen molar-refractivity contribution in [2.45, 2.75) is 84.8 Å². The van der Waals surface area contributed by atoms with E-state index in [4.69, 9.17) is 14.2 Å². The van der Waals surface area contributed by atoms with Gasteiger partial charge in [0.2, 0.25) is 5.78 Å². The molecule has 0 saturated heterocycles. The van der Waals surface area contributed by atoms with E-state index in [2.05, 4.69) is 6.92 Å². The lowest BCUT2D eigenvalue weighted by atomic mass is 9.46. The van der Waals surface area contributed by atoms with E-state index < -0.39 is 47.0 Å². The zero-order valence-electron chi connectivity index (χ0n) is 22.6. The zero-order valence-corrected chi connectivity index (χ0v) is 22.6. The maximum atomic E-state index is 13.7. The molecule has 0 heterocycles. The van der Waals surface area contributed by atoms with Gasteiger partial charge in [-0.3, -0.25) is 14.4 Å². The third-order valence-corrected chi connectivity index (χ3v) is 9.91. The first kappa shape index (κ1) is 27.6. The van der Waals surface area contributed by atoms with Crippen LogP contribution in [0.1, 0.15) is 73.1 Å². The first-order valence-electron chi connectivity index (χ1n) is 13.5. The van der Waals surface area contributed by atoms with E-state index in [0.29, 0.717) is 6.42 Å². The van der Waals surface area contributed by atoms with Crippen molar-refractivity contribution in [3.05, 3.63) is 23.8 Å². The highest BCUT2D eigenvalue weighted by molar-refractivity contribution is 6.01. The Labute approximate surface area is 218 Å². The van der Waals surface area contributed by atoms with E-state index in [0.717, 1.165) is 24.8 Å². The van der Waals surface area contributed by atoms with Crippen LogP contribution in [0.5, 0.6) is 0 Å². The van der Waals surface area contributed by atoms with Gasteiger partial charge in [0.25, 0.3) is 0 Å². The molecule has 0 aliphatic heterocycles. The molecule has 2 unspecified atom stereocenters. The highest BCUT2D eigenvalue weighted by atomic mass is 16.7. The molecule has 4 aliphatic carbocycles. The molecule has 1 N–H and O–H groups in total. The van der Waals surface area contributed by atoms with Crippen LogP contribution in [0.25, 0.3) is 0 Å². The van der Waals surface area contributed by atoms with Gasteiger partial charge in [0.05, 0.1) is 12.7 Å². The smallest absolute Gasteiger partial charge is 0.458 e. The second-order valence-corrected chi connectivity index (χ2v) is 12.0. The monoisotopic (exact) mass is 516 g/mol. The van der Waals surface area contributed by atoms with Gasteiger partial charge in [-0.15, -0.1) is 0 Å². The van der Waals surface area contributed by atoms with Crippen LogP contribution in [-0.4, -0.2) is 53.7 Å². The molecule has 37 heavy (non-hydrogen) atoms. The molecule has 0 amide bonds. The van der Waals surface area contributed by atoms with Gasteiger partial charge in [-0.25, -0.2) is 4.79 Å². The van der Waals surface area contributed by atoms with Crippen LogP contribution in [0.15, 0.2) is 23.8 Å². The average molecular weight is 517 g/mol. The van der Waals surface area contributed by atoms with E-state index in [1.165, 1.54) is 6.92 Å². The van der Waals surface area contributed by atoms with Crippen LogP contribution in [-0.2, 0) is 28.6 Å². The number of Topliss-reactive ketones (excluding diaryl/α,β-unsaturated/α-hetero) is 1. The van der Waals surface area contributed by atoms with Gasteiger partial charge >= 0.3 is 12.1 Å². The summed E-state index contributed by atoms with van der Waals surface area (Å²) < 4.78 is 16.4. The van der Waals surface area contributed by atoms with Gasteiger partial charge in [-0.05, 0) is 62.0 Å². The number of hydrogen-bond donors (Lipinski definition) is 1. The lowest BCUT2D eigenvalue weighted by molar-refractivity contribution is -0.186. The van der Waals surface area contributed by atoms with Crippen molar-refractivity contribution in [2.75, 3.05) is 13.2 Å². The maximum Gasteiger partial charge on any atom is 0.509 e. The third kappa shape index (κ3) is 4.55. The topological polar surface area (TPSA) is 116 Å². The van der Waals surface area contributed by atoms with Crippen LogP contribution in [0.3, 0.4) is 0 Å². The fourth-order valence-corrected chi connectivity index (χ4v) is 7.78. The number of carbonyl (C=O) groups is 4. The van der Waals surface area contributed by atoms with Crippen molar-refractivity contribution in [3.8, 4) is 0 Å². The first-order chi connectivity index (χ1) is 17.4. The Hall–Kier alpha value is -2.48. The minimum atomic E-state index is -1.57. The minimum Gasteiger partial charge on any atom is -0.458 e. The number of hydrogen-bond acceptors (Lipinski definition) is 8. The highest BCUT2D eigenvalue weighted by Crippen LogP contribution is 2.68. The van der Waals surface area contributed by atoms with Crippen LogP contribution in [0.4, 0.5) is 4.79 Å². The molecule has 0 aromatic carbocycles. The summed E-state index contributed by atoms with van der Waals surface area (Å²) in [6.07, 6.45) is 7.02. The second kappa shape index (κ2) is 10.0. The van der Waals surface area contributed by atoms with E-state index >= 15 is 0 Å². The van der Waals surface area contributed by atoms with Crippen LogP contribution >= 0.6 is 0 Å². The molecule has 3 fully saturated rings. The van der Waals surface area contributed by atoms with Gasteiger partial charge in [-0.2, -0.15) is 0 Å². The third-order valence-electron chi connectivity index (χ3n) is 9.91. The number of allylic oxidation sites excluding steroid dienone is 4. The van der Waals surface area contributed by atoms with Gasteiger partial charge in [0.1, 0.15) is 0 Å². The van der Waals surface area contributed by atoms with Crippen molar-refractivity contribution in [1.82, 2.24) is 0 Å². The number of ether oxygens (including phenoxy) is 3. The molecule has 4 aliphatic rings. The minimum absolute atomic E-state index is 0.00561. The van der Waals surface area contributed by atoms with Crippen molar-refractivity contribution in [1.29, 1.82) is 0 Å². The predicted molar refractivity (Wildman–Crippen MR) is 134 cm³/mol. The SMILES string of the molecule is CCC(C)COC(=O)O[C@]1(C(=O)COC(C)=O)CC[C@H]2[C@@H]3CCC4=CC(=O)C=C[C@]4(C)[C@H]3C(O)C[C@@]21C. The number of fused-ring (bicyclic) bond motifs is 5. The van der Waals surface area contributed by atoms with Crippen LogP contribution < -0.4 is 0 Å². The van der Waals surface area contributed by atoms with Crippen molar-refractivity contribution < 1.29 is 38.5 Å². The van der Waals surface area contributed by atoms with Crippen LogP contribution in [0, 0.1) is 34.5 Å². The molecule has 0 aromatic rings. The Morgan fingerprint density at radius 2 is 1.92 bits per heavy atom. The van der Waals surface area contributed by atoms with E-state index in [-0.39, 0.29) is 48.9 Å². The van der Waals surface area contributed by atoms with Crippen molar-refractivity contribution in [2.24, 2.45) is 34.5 Å². The summed E-state index contributed by atoms with van der Waals surface area (Å²) in [7, 11) is 0. The van der Waals surface area contributed by atoms with Gasteiger partial charge in [0, 0.05) is 23.7 Å². The largest absolute Gasteiger partial charge is 0.509 e. The summed E-state index contributed by atoms with van der Waals surface area (Å²) in [5, 5.41) is 11.6. The normalized spacial score (nSPS) is 39.0. The van der Waals surface area contributed by atoms with Crippen molar-refractivity contribution in [3.63, 3.8) is 0 Å². The summed E-state index contributed by atoms with van der Waals surface area (Å²) in [5.41, 5.74) is -1.84. The molecule has 204 valence electrons. The molecule has 3 saturated carbocycles. The second-order valence-electron chi connectivity index (χ2n) is 12.0. The molecule has 0 spiro atoms. The molecular weight excluding hydrogens is 476 g/mol. The van der Waals surface area contributed by atoms with Crippen molar-refractivity contribution >= 4 is 23.7 Å². The van der Waals surface area contributed by atoms with Gasteiger partial charge in [-0.1, -0.05) is 45.8 Å². The van der Waals surface area contributed by atoms with Gasteiger partial charge in [0.15, 0.2) is 18.0 Å². The Morgan fingerprint density at radius 3 is 2.59 bits per heavy atom. The number of ketones is 2. The number of rotatable bonds is 7. The molecule has 8 heteroatoms. The standard InChI is InChI=1S/C29H40O8/c1-6-17(2)15-36-26(34)37-29(24(33)16-35-18(3)30)12-10-22-21-8-7-19-13-20(31)9-11-27(19,4)25(21)23(32)14-28(22,29)5/h9,11,13,17,21-23,25,32H,6-8,10,12,14-16H2,1-5H3/t17?,21-,22-,23?,25+,27-,28-,29-/m0/s1. The number of aliphatic hydroxyl groups is 1. The number of aliphatic hydroxyl groups excluding tert-OH is 1. The molecular formula is C29H40O8. The maximum absolute atomic E-state index is 13.7. The van der Waals surface area contributed by atoms with E-state index in [1.807, 2.05) is 26.8 Å². The molecule has 8 nitrogen and oxygen atoms in total. The molecule has 0 radical (unpaired) electrons. The van der Waals surface area contributed by atoms with E-state index in [1.54, 1.807) is 12.2 Å². The first-order valence-corrected chi connectivity index (χ1v) is 13.5. The summed E-state index contributed by atoms with van der Waals surface area (Å²) in [6.45, 7) is 8.86.